The molecule has 0 aliphatic heterocycles. The maximum atomic E-state index is 4.78. The second-order valence-corrected chi connectivity index (χ2v) is 7.75. The lowest BCUT2D eigenvalue weighted by Gasteiger charge is -2.16. The van der Waals surface area contributed by atoms with Gasteiger partial charge in [0.2, 0.25) is 0 Å². The van der Waals surface area contributed by atoms with Crippen molar-refractivity contribution in [3.63, 3.8) is 0 Å². The minimum absolute atomic E-state index is 0.298. The van der Waals surface area contributed by atoms with Crippen LogP contribution in [-0.2, 0) is 0 Å². The van der Waals surface area contributed by atoms with Crippen LogP contribution in [-0.4, -0.2) is 5.75 Å². The van der Waals surface area contributed by atoms with E-state index in [-0.39, 0.29) is 0 Å². The van der Waals surface area contributed by atoms with Gasteiger partial charge in [0.1, 0.15) is 0 Å². The SMILES string of the molecule is Cc1c(S)cc(S)cc1C(S)CCCCCCCCCS. The molecule has 0 radical (unpaired) electrons. The summed E-state index contributed by atoms with van der Waals surface area (Å²) in [5, 5.41) is 0.298. The topological polar surface area (TPSA) is 0 Å². The lowest BCUT2D eigenvalue weighted by Crippen LogP contribution is -1.96. The van der Waals surface area contributed by atoms with E-state index in [1.807, 2.05) is 6.07 Å². The van der Waals surface area contributed by atoms with Crippen LogP contribution in [0, 0.1) is 6.92 Å². The fourth-order valence-electron chi connectivity index (χ4n) is 2.54. The molecular weight excluding hydrogens is 332 g/mol. The van der Waals surface area contributed by atoms with Crippen LogP contribution in [0.3, 0.4) is 0 Å². The summed E-state index contributed by atoms with van der Waals surface area (Å²) in [6.45, 7) is 2.12. The lowest BCUT2D eigenvalue weighted by molar-refractivity contribution is 0.574. The summed E-state index contributed by atoms with van der Waals surface area (Å²) in [5.41, 5.74) is 2.52. The smallest absolute Gasteiger partial charge is 0.0270 e. The maximum Gasteiger partial charge on any atom is 0.0270 e. The summed E-state index contributed by atoms with van der Waals surface area (Å²) in [4.78, 5) is 1.99. The molecule has 0 saturated heterocycles. The van der Waals surface area contributed by atoms with Gasteiger partial charge in [0.15, 0.2) is 0 Å². The molecule has 4 heteroatoms. The van der Waals surface area contributed by atoms with Crippen molar-refractivity contribution in [1.82, 2.24) is 0 Å². The third-order valence-corrected chi connectivity index (χ3v) is 5.48. The van der Waals surface area contributed by atoms with Crippen molar-refractivity contribution in [3.05, 3.63) is 23.3 Å². The molecule has 0 saturated carbocycles. The number of rotatable bonds is 10. The average molecular weight is 361 g/mol. The molecular formula is C17H28S4. The van der Waals surface area contributed by atoms with Gasteiger partial charge in [0, 0.05) is 15.0 Å². The first-order chi connectivity index (χ1) is 10.1. The molecule has 0 N–H and O–H groups in total. The molecule has 0 aliphatic carbocycles. The Labute approximate surface area is 152 Å². The first-order valence-corrected chi connectivity index (χ1v) is 9.92. The summed E-state index contributed by atoms with van der Waals surface area (Å²) in [6.07, 6.45) is 10.3. The van der Waals surface area contributed by atoms with Gasteiger partial charge in [0.25, 0.3) is 0 Å². The summed E-state index contributed by atoms with van der Waals surface area (Å²) in [5.74, 6) is 1.03. The molecule has 1 aromatic carbocycles. The molecule has 0 spiro atoms. The van der Waals surface area contributed by atoms with Crippen LogP contribution >= 0.6 is 50.5 Å². The molecule has 0 nitrogen and oxygen atoms in total. The molecule has 1 rings (SSSR count). The van der Waals surface area contributed by atoms with Crippen LogP contribution in [0.15, 0.2) is 21.9 Å². The largest absolute Gasteiger partial charge is 0.179 e. The molecule has 21 heavy (non-hydrogen) atoms. The molecule has 0 aliphatic rings. The normalized spacial score (nSPS) is 12.6. The van der Waals surface area contributed by atoms with Gasteiger partial charge in [-0.15, -0.1) is 25.3 Å². The fourth-order valence-corrected chi connectivity index (χ4v) is 3.85. The first kappa shape index (κ1) is 19.7. The lowest BCUT2D eigenvalue weighted by atomic mass is 10.00. The molecule has 0 bridgehead atoms. The summed E-state index contributed by atoms with van der Waals surface area (Å²) >= 11 is 18.0. The van der Waals surface area contributed by atoms with Crippen molar-refractivity contribution in [2.24, 2.45) is 0 Å². The van der Waals surface area contributed by atoms with Crippen molar-refractivity contribution < 1.29 is 0 Å². The van der Waals surface area contributed by atoms with Gasteiger partial charge >= 0.3 is 0 Å². The van der Waals surface area contributed by atoms with Crippen LogP contribution in [0.2, 0.25) is 0 Å². The van der Waals surface area contributed by atoms with Gasteiger partial charge in [-0.1, -0.05) is 38.5 Å². The van der Waals surface area contributed by atoms with Gasteiger partial charge in [-0.05, 0) is 48.8 Å². The Bertz CT molecular complexity index is 417. The summed E-state index contributed by atoms with van der Waals surface area (Å²) < 4.78 is 0. The molecule has 0 aromatic heterocycles. The van der Waals surface area contributed by atoms with Gasteiger partial charge in [-0.25, -0.2) is 0 Å². The van der Waals surface area contributed by atoms with E-state index in [0.29, 0.717) is 5.25 Å². The molecule has 0 fully saturated rings. The highest BCUT2D eigenvalue weighted by molar-refractivity contribution is 7.81. The molecule has 1 atom stereocenters. The van der Waals surface area contributed by atoms with Crippen molar-refractivity contribution in [3.8, 4) is 0 Å². The van der Waals surface area contributed by atoms with E-state index in [4.69, 9.17) is 12.6 Å². The number of thiol groups is 4. The van der Waals surface area contributed by atoms with Crippen LogP contribution in [0.5, 0.6) is 0 Å². The number of hydrogen-bond acceptors (Lipinski definition) is 4. The zero-order valence-electron chi connectivity index (χ0n) is 12.9. The molecule has 120 valence electrons. The van der Waals surface area contributed by atoms with Gasteiger partial charge in [0.05, 0.1) is 0 Å². The highest BCUT2D eigenvalue weighted by Gasteiger charge is 2.11. The summed E-state index contributed by atoms with van der Waals surface area (Å²) in [6, 6.07) is 4.13. The van der Waals surface area contributed by atoms with E-state index in [1.165, 1.54) is 56.1 Å². The maximum absolute atomic E-state index is 4.78. The van der Waals surface area contributed by atoms with Crippen molar-refractivity contribution in [1.29, 1.82) is 0 Å². The first-order valence-electron chi connectivity index (χ1n) is 7.87. The predicted molar refractivity (Wildman–Crippen MR) is 108 cm³/mol. The zero-order chi connectivity index (χ0) is 15.7. The molecule has 1 unspecified atom stereocenters. The summed E-state index contributed by atoms with van der Waals surface area (Å²) in [7, 11) is 0. The minimum atomic E-state index is 0.298. The standard InChI is InChI=1S/C17H28S4/c1-13-15(11-14(19)12-17(13)21)16(20)9-7-5-3-2-4-6-8-10-18/h11-12,16,18-21H,2-10H2,1H3. The Morgan fingerprint density at radius 2 is 1.48 bits per heavy atom. The third kappa shape index (κ3) is 7.62. The van der Waals surface area contributed by atoms with Crippen molar-refractivity contribution in [2.45, 2.75) is 73.3 Å². The van der Waals surface area contributed by atoms with Gasteiger partial charge < -0.3 is 0 Å². The Balaban J connectivity index is 2.27. The fraction of sp³-hybridized carbons (Fsp3) is 0.647. The second-order valence-electron chi connectivity index (χ2n) is 5.68. The number of benzene rings is 1. The second kappa shape index (κ2) is 11.2. The Hall–Kier alpha value is 0.620. The Kier molecular flexibility index (Phi) is 10.5. The highest BCUT2D eigenvalue weighted by Crippen LogP contribution is 2.33. The van der Waals surface area contributed by atoms with Crippen molar-refractivity contribution >= 4 is 50.5 Å². The van der Waals surface area contributed by atoms with Crippen molar-refractivity contribution in [2.75, 3.05) is 5.75 Å². The Morgan fingerprint density at radius 1 is 0.905 bits per heavy atom. The molecule has 0 heterocycles. The van der Waals surface area contributed by atoms with Gasteiger partial charge in [-0.2, -0.15) is 25.3 Å². The predicted octanol–water partition coefficient (Wildman–Crippen LogP) is 6.59. The third-order valence-electron chi connectivity index (χ3n) is 3.90. The van der Waals surface area contributed by atoms with E-state index in [2.05, 4.69) is 50.9 Å². The van der Waals surface area contributed by atoms with Crippen LogP contribution in [0.25, 0.3) is 0 Å². The highest BCUT2D eigenvalue weighted by atomic mass is 32.1. The van der Waals surface area contributed by atoms with Crippen LogP contribution < -0.4 is 0 Å². The van der Waals surface area contributed by atoms with E-state index < -0.39 is 0 Å². The zero-order valence-corrected chi connectivity index (χ0v) is 16.5. The quantitative estimate of drug-likeness (QED) is 0.262. The monoisotopic (exact) mass is 360 g/mol. The van der Waals surface area contributed by atoms with Crippen LogP contribution in [0.1, 0.15) is 67.7 Å². The number of hydrogen-bond donors (Lipinski definition) is 4. The van der Waals surface area contributed by atoms with Crippen LogP contribution in [0.4, 0.5) is 0 Å². The average Bonchev–Trinajstić information content (AvgIpc) is 2.45. The molecule has 0 amide bonds. The Morgan fingerprint density at radius 3 is 2.10 bits per heavy atom. The van der Waals surface area contributed by atoms with E-state index >= 15 is 0 Å². The minimum Gasteiger partial charge on any atom is -0.179 e. The van der Waals surface area contributed by atoms with Gasteiger partial charge in [-0.3, -0.25) is 0 Å². The van der Waals surface area contributed by atoms with E-state index in [9.17, 15) is 0 Å². The van der Waals surface area contributed by atoms with E-state index in [1.54, 1.807) is 0 Å². The molecule has 1 aromatic rings. The van der Waals surface area contributed by atoms with E-state index in [0.717, 1.165) is 22.0 Å². The number of unbranched alkanes of at least 4 members (excludes halogenated alkanes) is 6.